The number of carbonyl (C=O) groups excluding carboxylic acids is 1. The number of hydrogen-bond donors (Lipinski definition) is 2. The quantitative estimate of drug-likeness (QED) is 0.828. The van der Waals surface area contributed by atoms with E-state index in [1.807, 2.05) is 13.8 Å². The van der Waals surface area contributed by atoms with Crippen LogP contribution in [0, 0.1) is 11.7 Å². The minimum Gasteiger partial charge on any atom is -0.480 e. The molecule has 0 saturated heterocycles. The largest absolute Gasteiger partial charge is 0.480 e. The predicted octanol–water partition coefficient (Wildman–Crippen LogP) is 1.98. The van der Waals surface area contributed by atoms with Gasteiger partial charge < -0.3 is 10.4 Å². The number of nitrogens with one attached hydrogen (secondary N) is 1. The Bertz CT molecular complexity index is 460. The van der Waals surface area contributed by atoms with E-state index in [4.69, 9.17) is 5.11 Å². The van der Waals surface area contributed by atoms with Crippen LogP contribution < -0.4 is 5.32 Å². The van der Waals surface area contributed by atoms with Crippen molar-refractivity contribution >= 4 is 11.9 Å². The number of amides is 1. The van der Waals surface area contributed by atoms with Crippen LogP contribution in [0.5, 0.6) is 0 Å². The highest BCUT2D eigenvalue weighted by molar-refractivity contribution is 5.84. The van der Waals surface area contributed by atoms with Crippen molar-refractivity contribution in [1.29, 1.82) is 0 Å². The SMILES string of the molecule is CC(C)CC(NC(=O)Cc1ccccc1F)C(=O)O. The first-order chi connectivity index (χ1) is 8.90. The van der Waals surface area contributed by atoms with Crippen molar-refractivity contribution in [1.82, 2.24) is 5.32 Å². The lowest BCUT2D eigenvalue weighted by Crippen LogP contribution is -2.42. The van der Waals surface area contributed by atoms with Gasteiger partial charge in [-0.3, -0.25) is 4.79 Å². The molecule has 0 fully saturated rings. The van der Waals surface area contributed by atoms with Gasteiger partial charge in [-0.2, -0.15) is 0 Å². The van der Waals surface area contributed by atoms with E-state index in [0.29, 0.717) is 6.42 Å². The maximum atomic E-state index is 13.4. The summed E-state index contributed by atoms with van der Waals surface area (Å²) in [5.41, 5.74) is 0.258. The summed E-state index contributed by atoms with van der Waals surface area (Å²) in [5, 5.41) is 11.4. The van der Waals surface area contributed by atoms with Crippen LogP contribution in [-0.4, -0.2) is 23.0 Å². The van der Waals surface area contributed by atoms with Crippen molar-refractivity contribution in [3.63, 3.8) is 0 Å². The van der Waals surface area contributed by atoms with E-state index < -0.39 is 23.7 Å². The molecule has 1 amide bonds. The van der Waals surface area contributed by atoms with E-state index in [9.17, 15) is 14.0 Å². The van der Waals surface area contributed by atoms with Crippen molar-refractivity contribution in [3.05, 3.63) is 35.6 Å². The average molecular weight is 267 g/mol. The number of rotatable bonds is 6. The molecule has 0 aromatic heterocycles. The van der Waals surface area contributed by atoms with Gasteiger partial charge in [0.2, 0.25) is 5.91 Å². The Balaban J connectivity index is 2.63. The maximum Gasteiger partial charge on any atom is 0.326 e. The lowest BCUT2D eigenvalue weighted by molar-refractivity contribution is -0.142. The zero-order chi connectivity index (χ0) is 14.4. The molecule has 5 heteroatoms. The van der Waals surface area contributed by atoms with Crippen molar-refractivity contribution in [2.24, 2.45) is 5.92 Å². The summed E-state index contributed by atoms with van der Waals surface area (Å²) in [6, 6.07) is 5.02. The molecule has 19 heavy (non-hydrogen) atoms. The Morgan fingerprint density at radius 1 is 1.32 bits per heavy atom. The fourth-order valence-electron chi connectivity index (χ4n) is 1.75. The molecule has 2 N–H and O–H groups in total. The Hall–Kier alpha value is -1.91. The van der Waals surface area contributed by atoms with Crippen LogP contribution >= 0.6 is 0 Å². The third-order valence-electron chi connectivity index (χ3n) is 2.65. The van der Waals surface area contributed by atoms with Gasteiger partial charge in [0, 0.05) is 0 Å². The molecule has 1 aromatic rings. The molecular weight excluding hydrogens is 249 g/mol. The molecule has 1 rings (SSSR count). The highest BCUT2D eigenvalue weighted by atomic mass is 19.1. The lowest BCUT2D eigenvalue weighted by atomic mass is 10.0. The van der Waals surface area contributed by atoms with Crippen LogP contribution in [0.3, 0.4) is 0 Å². The monoisotopic (exact) mass is 267 g/mol. The summed E-state index contributed by atoms with van der Waals surface area (Å²) in [7, 11) is 0. The molecule has 4 nitrogen and oxygen atoms in total. The average Bonchev–Trinajstić information content (AvgIpc) is 2.30. The zero-order valence-corrected chi connectivity index (χ0v) is 11.0. The fourth-order valence-corrected chi connectivity index (χ4v) is 1.75. The lowest BCUT2D eigenvalue weighted by Gasteiger charge is -2.16. The van der Waals surface area contributed by atoms with Gasteiger partial charge in [0.25, 0.3) is 0 Å². The molecule has 0 aliphatic carbocycles. The standard InChI is InChI=1S/C14H18FNO3/c1-9(2)7-12(14(18)19)16-13(17)8-10-5-3-4-6-11(10)15/h3-6,9,12H,7-8H2,1-2H3,(H,16,17)(H,18,19). The minimum atomic E-state index is -1.07. The number of carbonyl (C=O) groups is 2. The van der Waals surface area contributed by atoms with Gasteiger partial charge in [0.1, 0.15) is 11.9 Å². The highest BCUT2D eigenvalue weighted by Crippen LogP contribution is 2.09. The van der Waals surface area contributed by atoms with E-state index >= 15 is 0 Å². The van der Waals surface area contributed by atoms with Crippen molar-refractivity contribution in [2.45, 2.75) is 32.7 Å². The number of hydrogen-bond acceptors (Lipinski definition) is 2. The second-order valence-corrected chi connectivity index (χ2v) is 4.86. The summed E-state index contributed by atoms with van der Waals surface area (Å²) >= 11 is 0. The zero-order valence-electron chi connectivity index (χ0n) is 11.0. The third-order valence-corrected chi connectivity index (χ3v) is 2.65. The van der Waals surface area contributed by atoms with Gasteiger partial charge in [0.15, 0.2) is 0 Å². The van der Waals surface area contributed by atoms with Crippen LogP contribution in [0.25, 0.3) is 0 Å². The summed E-state index contributed by atoms with van der Waals surface area (Å²) in [6.07, 6.45) is 0.187. The molecule has 0 bridgehead atoms. The van der Waals surface area contributed by atoms with Crippen LogP contribution in [0.4, 0.5) is 4.39 Å². The molecule has 0 heterocycles. The highest BCUT2D eigenvalue weighted by Gasteiger charge is 2.21. The summed E-state index contributed by atoms with van der Waals surface area (Å²) in [5.74, 6) is -1.88. The first-order valence-corrected chi connectivity index (χ1v) is 6.15. The van der Waals surface area contributed by atoms with E-state index in [1.54, 1.807) is 6.07 Å². The van der Waals surface area contributed by atoms with E-state index in [1.165, 1.54) is 18.2 Å². The molecule has 0 aliphatic heterocycles. The molecule has 1 aromatic carbocycles. The van der Waals surface area contributed by atoms with Crippen LogP contribution in [0.15, 0.2) is 24.3 Å². The van der Waals surface area contributed by atoms with Crippen LogP contribution in [0.2, 0.25) is 0 Å². The smallest absolute Gasteiger partial charge is 0.326 e. The minimum absolute atomic E-state index is 0.148. The van der Waals surface area contributed by atoms with E-state index in [2.05, 4.69) is 5.32 Å². The first-order valence-electron chi connectivity index (χ1n) is 6.15. The molecule has 0 radical (unpaired) electrons. The van der Waals surface area contributed by atoms with Gasteiger partial charge in [-0.05, 0) is 24.0 Å². The van der Waals surface area contributed by atoms with Gasteiger partial charge in [-0.25, -0.2) is 9.18 Å². The molecular formula is C14H18FNO3. The van der Waals surface area contributed by atoms with Gasteiger partial charge in [-0.1, -0.05) is 32.0 Å². The molecule has 104 valence electrons. The van der Waals surface area contributed by atoms with Crippen molar-refractivity contribution in [2.75, 3.05) is 0 Å². The topological polar surface area (TPSA) is 66.4 Å². The van der Waals surface area contributed by atoms with Gasteiger partial charge >= 0.3 is 5.97 Å². The number of carboxylic acid groups (broad SMARTS) is 1. The number of benzene rings is 1. The Morgan fingerprint density at radius 2 is 1.95 bits per heavy atom. The van der Waals surface area contributed by atoms with Gasteiger partial charge in [0.05, 0.1) is 6.42 Å². The van der Waals surface area contributed by atoms with Crippen molar-refractivity contribution < 1.29 is 19.1 Å². The Morgan fingerprint density at radius 3 is 2.47 bits per heavy atom. The summed E-state index contributed by atoms with van der Waals surface area (Å²) < 4.78 is 13.4. The maximum absolute atomic E-state index is 13.4. The number of carboxylic acids is 1. The predicted molar refractivity (Wildman–Crippen MR) is 69.1 cm³/mol. The molecule has 0 aliphatic rings. The van der Waals surface area contributed by atoms with E-state index in [0.717, 1.165) is 0 Å². The van der Waals surface area contributed by atoms with E-state index in [-0.39, 0.29) is 17.9 Å². The van der Waals surface area contributed by atoms with Crippen LogP contribution in [0.1, 0.15) is 25.8 Å². The van der Waals surface area contributed by atoms with Crippen molar-refractivity contribution in [3.8, 4) is 0 Å². The molecule has 1 atom stereocenters. The molecule has 0 spiro atoms. The normalized spacial score (nSPS) is 12.2. The second kappa shape index (κ2) is 6.87. The van der Waals surface area contributed by atoms with Gasteiger partial charge in [-0.15, -0.1) is 0 Å². The third kappa shape index (κ3) is 5.07. The number of aliphatic carboxylic acids is 1. The first kappa shape index (κ1) is 15.1. The number of halogens is 1. The molecule has 0 saturated carbocycles. The summed E-state index contributed by atoms with van der Waals surface area (Å²) in [6.45, 7) is 3.75. The Kier molecular flexibility index (Phi) is 5.48. The second-order valence-electron chi connectivity index (χ2n) is 4.86. The fraction of sp³-hybridized carbons (Fsp3) is 0.429. The van der Waals surface area contributed by atoms with Crippen LogP contribution in [-0.2, 0) is 16.0 Å². The molecule has 1 unspecified atom stereocenters. The Labute approximate surface area is 111 Å². The summed E-state index contributed by atoms with van der Waals surface area (Å²) in [4.78, 5) is 22.7.